The predicted octanol–water partition coefficient (Wildman–Crippen LogP) is 2.50. The van der Waals surface area contributed by atoms with E-state index in [0.29, 0.717) is 29.7 Å². The number of methoxy groups -OCH3 is 1. The van der Waals surface area contributed by atoms with Crippen LogP contribution in [0.15, 0.2) is 30.4 Å². The summed E-state index contributed by atoms with van der Waals surface area (Å²) in [5.74, 6) is 1.18. The highest BCUT2D eigenvalue weighted by Gasteiger charge is 2.06. The van der Waals surface area contributed by atoms with E-state index < -0.39 is 0 Å². The molecule has 0 aliphatic carbocycles. The van der Waals surface area contributed by atoms with Crippen LogP contribution in [-0.2, 0) is 0 Å². The quantitative estimate of drug-likeness (QED) is 0.765. The molecule has 1 rings (SSSR count). The summed E-state index contributed by atoms with van der Waals surface area (Å²) in [7, 11) is 1.55. The van der Waals surface area contributed by atoms with Gasteiger partial charge in [-0.2, -0.15) is 5.26 Å². The zero-order chi connectivity index (χ0) is 14.3. The highest BCUT2D eigenvalue weighted by atomic mass is 16.5. The van der Waals surface area contributed by atoms with Gasteiger partial charge in [-0.15, -0.1) is 0 Å². The van der Waals surface area contributed by atoms with Crippen molar-refractivity contribution >= 4 is 0 Å². The first-order chi connectivity index (χ1) is 9.06. The molecule has 0 atom stereocenters. The van der Waals surface area contributed by atoms with Gasteiger partial charge in [-0.05, 0) is 17.7 Å². The molecule has 0 radical (unpaired) electrons. The Hall–Kier alpha value is -1.99. The van der Waals surface area contributed by atoms with Crippen molar-refractivity contribution in [3.8, 4) is 17.6 Å². The van der Waals surface area contributed by atoms with E-state index in [1.807, 2.05) is 0 Å². The van der Waals surface area contributed by atoms with Crippen molar-refractivity contribution < 1.29 is 9.47 Å². The molecule has 0 aliphatic rings. The highest BCUT2D eigenvalue weighted by molar-refractivity contribution is 5.46. The van der Waals surface area contributed by atoms with Gasteiger partial charge in [-0.3, -0.25) is 0 Å². The van der Waals surface area contributed by atoms with Gasteiger partial charge in [0.1, 0.15) is 6.61 Å². The molecule has 4 heteroatoms. The van der Waals surface area contributed by atoms with E-state index >= 15 is 0 Å². The Morgan fingerprint density at radius 3 is 2.74 bits per heavy atom. The van der Waals surface area contributed by atoms with Crippen molar-refractivity contribution in [3.63, 3.8) is 0 Å². The van der Waals surface area contributed by atoms with Gasteiger partial charge in [0.2, 0.25) is 0 Å². The van der Waals surface area contributed by atoms with Crippen LogP contribution in [0.3, 0.4) is 0 Å². The number of ether oxygens (including phenoxy) is 2. The maximum atomic E-state index is 8.82. The molecule has 1 aromatic rings. The molecular formula is C15H20N2O2. The summed E-state index contributed by atoms with van der Waals surface area (Å²) in [5, 5.41) is 12.1. The summed E-state index contributed by atoms with van der Waals surface area (Å²) >= 11 is 0. The van der Waals surface area contributed by atoms with Crippen molar-refractivity contribution in [1.82, 2.24) is 5.32 Å². The van der Waals surface area contributed by atoms with Crippen molar-refractivity contribution in [2.45, 2.75) is 19.9 Å². The smallest absolute Gasteiger partial charge is 0.162 e. The average molecular weight is 260 g/mol. The lowest BCUT2D eigenvalue weighted by atomic mass is 10.2. The standard InChI is InChI=1S/C15H20N2O2/c1-11(2)17-9-12(3)10-19-14-6-5-13(8-16)7-15(14)18-4/h5-7,11,17H,3,9-10H2,1-2,4H3. The maximum absolute atomic E-state index is 8.82. The molecule has 0 fully saturated rings. The lowest BCUT2D eigenvalue weighted by Gasteiger charge is -2.13. The molecule has 1 aromatic carbocycles. The largest absolute Gasteiger partial charge is 0.493 e. The van der Waals surface area contributed by atoms with Crippen molar-refractivity contribution in [3.05, 3.63) is 35.9 Å². The summed E-state index contributed by atoms with van der Waals surface area (Å²) in [6, 6.07) is 7.58. The van der Waals surface area contributed by atoms with Crippen molar-refractivity contribution in [2.24, 2.45) is 0 Å². The van der Waals surface area contributed by atoms with Crippen LogP contribution in [-0.4, -0.2) is 26.3 Å². The summed E-state index contributed by atoms with van der Waals surface area (Å²) in [5.41, 5.74) is 1.50. The normalized spacial score (nSPS) is 10.1. The monoisotopic (exact) mass is 260 g/mol. The molecule has 0 unspecified atom stereocenters. The molecule has 0 amide bonds. The predicted molar refractivity (Wildman–Crippen MR) is 75.5 cm³/mol. The average Bonchev–Trinajstić information content (AvgIpc) is 2.42. The molecule has 0 saturated carbocycles. The van der Waals surface area contributed by atoms with Gasteiger partial charge in [0.05, 0.1) is 18.7 Å². The Kier molecular flexibility index (Phi) is 5.91. The van der Waals surface area contributed by atoms with Crippen molar-refractivity contribution in [1.29, 1.82) is 5.26 Å². The SMILES string of the molecule is C=C(CNC(C)C)COc1ccc(C#N)cc1OC. The van der Waals surface area contributed by atoms with E-state index in [9.17, 15) is 0 Å². The molecule has 0 aromatic heterocycles. The second-order valence-electron chi connectivity index (χ2n) is 4.55. The highest BCUT2D eigenvalue weighted by Crippen LogP contribution is 2.28. The van der Waals surface area contributed by atoms with Crippen LogP contribution >= 0.6 is 0 Å². The maximum Gasteiger partial charge on any atom is 0.162 e. The molecule has 0 spiro atoms. The van der Waals surface area contributed by atoms with Crippen LogP contribution in [0, 0.1) is 11.3 Å². The second kappa shape index (κ2) is 7.45. The number of nitriles is 1. The second-order valence-corrected chi connectivity index (χ2v) is 4.55. The van der Waals surface area contributed by atoms with Crippen LogP contribution in [0.5, 0.6) is 11.5 Å². The molecule has 102 valence electrons. The lowest BCUT2D eigenvalue weighted by molar-refractivity contribution is 0.316. The number of nitrogens with one attached hydrogen (secondary N) is 1. The van der Waals surface area contributed by atoms with Gasteiger partial charge in [0.25, 0.3) is 0 Å². The minimum atomic E-state index is 0.418. The summed E-state index contributed by atoms with van der Waals surface area (Å²) in [6.07, 6.45) is 0. The first-order valence-corrected chi connectivity index (χ1v) is 6.17. The number of rotatable bonds is 7. The van der Waals surface area contributed by atoms with Gasteiger partial charge in [0.15, 0.2) is 11.5 Å². The molecule has 0 heterocycles. The lowest BCUT2D eigenvalue weighted by Crippen LogP contribution is -2.26. The Labute approximate surface area is 114 Å². The third-order valence-electron chi connectivity index (χ3n) is 2.48. The van der Waals surface area contributed by atoms with Gasteiger partial charge in [-0.1, -0.05) is 20.4 Å². The molecule has 4 nitrogen and oxygen atoms in total. The fourth-order valence-electron chi connectivity index (χ4n) is 1.44. The fourth-order valence-corrected chi connectivity index (χ4v) is 1.44. The number of hydrogen-bond acceptors (Lipinski definition) is 4. The first-order valence-electron chi connectivity index (χ1n) is 6.17. The third kappa shape index (κ3) is 5.02. The molecule has 19 heavy (non-hydrogen) atoms. The van der Waals surface area contributed by atoms with E-state index in [0.717, 1.165) is 12.1 Å². The van der Waals surface area contributed by atoms with E-state index in [4.69, 9.17) is 14.7 Å². The number of hydrogen-bond donors (Lipinski definition) is 1. The number of nitrogens with zero attached hydrogens (tertiary/aromatic N) is 1. The van der Waals surface area contributed by atoms with E-state index in [-0.39, 0.29) is 0 Å². The Morgan fingerprint density at radius 1 is 1.42 bits per heavy atom. The first kappa shape index (κ1) is 15.1. The van der Waals surface area contributed by atoms with Gasteiger partial charge >= 0.3 is 0 Å². The minimum absolute atomic E-state index is 0.418. The molecule has 0 bridgehead atoms. The van der Waals surface area contributed by atoms with Crippen molar-refractivity contribution in [2.75, 3.05) is 20.3 Å². The van der Waals surface area contributed by atoms with Crippen LogP contribution in [0.25, 0.3) is 0 Å². The third-order valence-corrected chi connectivity index (χ3v) is 2.48. The Morgan fingerprint density at radius 2 is 2.16 bits per heavy atom. The van der Waals surface area contributed by atoms with E-state index in [2.05, 4.69) is 31.8 Å². The number of benzene rings is 1. The Balaban J connectivity index is 2.58. The molecule has 0 aliphatic heterocycles. The zero-order valence-corrected chi connectivity index (χ0v) is 11.7. The summed E-state index contributed by atoms with van der Waals surface area (Å²) in [6.45, 7) is 9.25. The van der Waals surface area contributed by atoms with Gasteiger partial charge in [0, 0.05) is 18.7 Å². The van der Waals surface area contributed by atoms with Crippen LogP contribution in [0.1, 0.15) is 19.4 Å². The van der Waals surface area contributed by atoms with Gasteiger partial charge < -0.3 is 14.8 Å². The fraction of sp³-hybridized carbons (Fsp3) is 0.400. The van der Waals surface area contributed by atoms with E-state index in [1.54, 1.807) is 25.3 Å². The van der Waals surface area contributed by atoms with Gasteiger partial charge in [-0.25, -0.2) is 0 Å². The van der Waals surface area contributed by atoms with Crippen LogP contribution < -0.4 is 14.8 Å². The topological polar surface area (TPSA) is 54.3 Å². The zero-order valence-electron chi connectivity index (χ0n) is 11.7. The molecule has 1 N–H and O–H groups in total. The summed E-state index contributed by atoms with van der Waals surface area (Å²) < 4.78 is 10.8. The molecular weight excluding hydrogens is 240 g/mol. The summed E-state index contributed by atoms with van der Waals surface area (Å²) in [4.78, 5) is 0. The Bertz CT molecular complexity index is 476. The molecule has 0 saturated heterocycles. The minimum Gasteiger partial charge on any atom is -0.493 e. The van der Waals surface area contributed by atoms with E-state index in [1.165, 1.54) is 0 Å². The van der Waals surface area contributed by atoms with Crippen LogP contribution in [0.2, 0.25) is 0 Å². The van der Waals surface area contributed by atoms with Crippen LogP contribution in [0.4, 0.5) is 0 Å².